The van der Waals surface area contributed by atoms with Crippen molar-refractivity contribution in [3.05, 3.63) is 5.82 Å². The zero-order chi connectivity index (χ0) is 12.4. The van der Waals surface area contributed by atoms with Gasteiger partial charge in [0.2, 0.25) is 0 Å². The molecule has 5 aliphatic rings. The van der Waals surface area contributed by atoms with Crippen molar-refractivity contribution in [2.45, 2.75) is 62.8 Å². The maximum atomic E-state index is 5.43. The van der Waals surface area contributed by atoms with E-state index in [0.29, 0.717) is 12.1 Å². The van der Waals surface area contributed by atoms with Crippen LogP contribution in [0, 0.1) is 17.8 Å². The molecule has 5 saturated carbocycles. The predicted octanol–water partition coefficient (Wildman–Crippen LogP) is 3.11. The molecule has 1 heterocycles. The molecule has 4 bridgehead atoms. The van der Waals surface area contributed by atoms with Crippen molar-refractivity contribution in [2.24, 2.45) is 17.8 Å². The summed E-state index contributed by atoms with van der Waals surface area (Å²) in [4.78, 5) is 4.69. The lowest BCUT2D eigenvalue weighted by atomic mass is 9.49. The Hall–Kier alpha value is -1.06. The van der Waals surface area contributed by atoms with Crippen molar-refractivity contribution < 1.29 is 4.52 Å². The molecule has 0 atom stereocenters. The van der Waals surface area contributed by atoms with Gasteiger partial charge in [0.15, 0.2) is 5.82 Å². The fourth-order valence-corrected chi connectivity index (χ4v) is 5.28. The van der Waals surface area contributed by atoms with Gasteiger partial charge in [-0.25, -0.2) is 0 Å². The lowest BCUT2D eigenvalue weighted by Gasteiger charge is -2.55. The van der Waals surface area contributed by atoms with E-state index in [2.05, 4.69) is 10.5 Å². The number of hydrogen-bond acceptors (Lipinski definition) is 4. The second-order valence-corrected chi connectivity index (χ2v) is 7.54. The van der Waals surface area contributed by atoms with Crippen molar-refractivity contribution in [1.29, 1.82) is 0 Å². The summed E-state index contributed by atoms with van der Waals surface area (Å²) < 4.78 is 5.43. The minimum atomic E-state index is 0.266. The van der Waals surface area contributed by atoms with Gasteiger partial charge in [0.25, 0.3) is 0 Å². The standard InChI is InChI=1S/C15H21N3O/c1-2-12(1)16-14-17-13(18-19-14)15-6-9-3-10(7-15)5-11(4-9)8-15/h9-12H,1-8H2,(H,16,17,18). The summed E-state index contributed by atoms with van der Waals surface area (Å²) in [6, 6.07) is 1.25. The molecule has 0 saturated heterocycles. The van der Waals surface area contributed by atoms with Crippen LogP contribution in [0.1, 0.15) is 57.2 Å². The van der Waals surface area contributed by atoms with Crippen LogP contribution in [0.4, 0.5) is 6.01 Å². The average Bonchev–Trinajstić information content (AvgIpc) is 3.02. The van der Waals surface area contributed by atoms with Gasteiger partial charge in [-0.1, -0.05) is 5.16 Å². The van der Waals surface area contributed by atoms with Crippen molar-refractivity contribution in [3.8, 4) is 0 Å². The second kappa shape index (κ2) is 3.53. The van der Waals surface area contributed by atoms with Crippen LogP contribution in [0.25, 0.3) is 0 Å². The molecule has 19 heavy (non-hydrogen) atoms. The van der Waals surface area contributed by atoms with Crippen LogP contribution in [-0.2, 0) is 5.41 Å². The predicted molar refractivity (Wildman–Crippen MR) is 70.8 cm³/mol. The lowest BCUT2D eigenvalue weighted by molar-refractivity contribution is -0.0103. The Labute approximate surface area is 113 Å². The molecule has 6 rings (SSSR count). The van der Waals surface area contributed by atoms with Gasteiger partial charge in [0.05, 0.1) is 0 Å². The molecule has 0 unspecified atom stereocenters. The molecule has 102 valence electrons. The second-order valence-electron chi connectivity index (χ2n) is 7.54. The molecule has 0 amide bonds. The van der Waals surface area contributed by atoms with Crippen LogP contribution in [0.15, 0.2) is 4.52 Å². The van der Waals surface area contributed by atoms with Crippen LogP contribution in [-0.4, -0.2) is 16.2 Å². The van der Waals surface area contributed by atoms with Gasteiger partial charge in [0, 0.05) is 11.5 Å². The Morgan fingerprint density at radius 2 is 1.63 bits per heavy atom. The highest BCUT2D eigenvalue weighted by Crippen LogP contribution is 2.60. The van der Waals surface area contributed by atoms with E-state index in [1.54, 1.807) is 0 Å². The summed E-state index contributed by atoms with van der Waals surface area (Å²) in [5.74, 6) is 3.81. The highest BCUT2D eigenvalue weighted by Gasteiger charge is 2.53. The van der Waals surface area contributed by atoms with Gasteiger partial charge in [-0.3, -0.25) is 0 Å². The zero-order valence-electron chi connectivity index (χ0n) is 11.3. The molecule has 0 aliphatic heterocycles. The Kier molecular flexibility index (Phi) is 1.98. The first-order valence-electron chi connectivity index (χ1n) is 7.90. The van der Waals surface area contributed by atoms with Gasteiger partial charge in [-0.15, -0.1) is 0 Å². The van der Waals surface area contributed by atoms with E-state index in [1.165, 1.54) is 51.4 Å². The first-order chi connectivity index (χ1) is 9.29. The molecule has 1 aromatic rings. The molecule has 0 spiro atoms. The Morgan fingerprint density at radius 1 is 1.00 bits per heavy atom. The largest absolute Gasteiger partial charge is 0.335 e. The minimum Gasteiger partial charge on any atom is -0.335 e. The molecule has 5 fully saturated rings. The third kappa shape index (κ3) is 1.65. The molecular weight excluding hydrogens is 238 g/mol. The molecule has 4 nitrogen and oxygen atoms in total. The SMILES string of the molecule is C1C2CC3CC1CC(c1noc(NC4CC4)n1)(C2)C3. The van der Waals surface area contributed by atoms with Crippen LogP contribution < -0.4 is 5.32 Å². The number of hydrogen-bond donors (Lipinski definition) is 1. The summed E-state index contributed by atoms with van der Waals surface area (Å²) >= 11 is 0. The third-order valence-corrected chi connectivity index (χ3v) is 5.84. The lowest BCUT2D eigenvalue weighted by Crippen LogP contribution is -2.49. The van der Waals surface area contributed by atoms with Crippen molar-refractivity contribution in [2.75, 3.05) is 5.32 Å². The molecule has 4 heteroatoms. The maximum absolute atomic E-state index is 5.43. The van der Waals surface area contributed by atoms with Gasteiger partial charge in [-0.05, 0) is 69.1 Å². The quantitative estimate of drug-likeness (QED) is 0.906. The van der Waals surface area contributed by atoms with Gasteiger partial charge in [0.1, 0.15) is 0 Å². The van der Waals surface area contributed by atoms with Crippen molar-refractivity contribution in [1.82, 2.24) is 10.1 Å². The Morgan fingerprint density at radius 3 is 2.21 bits per heavy atom. The van der Waals surface area contributed by atoms with Crippen LogP contribution in [0.5, 0.6) is 0 Å². The minimum absolute atomic E-state index is 0.266. The number of nitrogens with zero attached hydrogens (tertiary/aromatic N) is 2. The smallest absolute Gasteiger partial charge is 0.321 e. The fourth-order valence-electron chi connectivity index (χ4n) is 5.28. The number of anilines is 1. The van der Waals surface area contributed by atoms with E-state index in [1.807, 2.05) is 0 Å². The normalized spacial score (nSPS) is 43.7. The maximum Gasteiger partial charge on any atom is 0.321 e. The highest BCUT2D eigenvalue weighted by atomic mass is 16.5. The number of rotatable bonds is 3. The monoisotopic (exact) mass is 259 g/mol. The van der Waals surface area contributed by atoms with Crippen LogP contribution in [0.3, 0.4) is 0 Å². The molecule has 0 aromatic carbocycles. The van der Waals surface area contributed by atoms with Gasteiger partial charge >= 0.3 is 6.01 Å². The van der Waals surface area contributed by atoms with E-state index >= 15 is 0 Å². The highest BCUT2D eigenvalue weighted by molar-refractivity contribution is 5.27. The molecule has 0 radical (unpaired) electrons. The topological polar surface area (TPSA) is 51.0 Å². The summed E-state index contributed by atoms with van der Waals surface area (Å²) in [5.41, 5.74) is 0.266. The summed E-state index contributed by atoms with van der Waals surface area (Å²) in [6.45, 7) is 0. The van der Waals surface area contributed by atoms with Crippen LogP contribution in [0.2, 0.25) is 0 Å². The summed E-state index contributed by atoms with van der Waals surface area (Å²) in [5, 5.41) is 7.67. The summed E-state index contributed by atoms with van der Waals surface area (Å²) in [7, 11) is 0. The first-order valence-corrected chi connectivity index (χ1v) is 7.90. The number of aromatic nitrogens is 2. The van der Waals surface area contributed by atoms with E-state index < -0.39 is 0 Å². The van der Waals surface area contributed by atoms with Crippen molar-refractivity contribution in [3.63, 3.8) is 0 Å². The van der Waals surface area contributed by atoms with Crippen LogP contribution >= 0.6 is 0 Å². The zero-order valence-corrected chi connectivity index (χ0v) is 11.3. The first kappa shape index (κ1) is 10.7. The molecule has 5 aliphatic carbocycles. The van der Waals surface area contributed by atoms with E-state index in [-0.39, 0.29) is 5.41 Å². The molecule has 1 N–H and O–H groups in total. The average molecular weight is 259 g/mol. The Bertz CT molecular complexity index is 470. The third-order valence-electron chi connectivity index (χ3n) is 5.84. The number of nitrogens with one attached hydrogen (secondary N) is 1. The van der Waals surface area contributed by atoms with E-state index in [0.717, 1.165) is 23.6 Å². The summed E-state index contributed by atoms with van der Waals surface area (Å²) in [6.07, 6.45) is 10.8. The molecule has 1 aromatic heterocycles. The Balaban J connectivity index is 1.46. The molecular formula is C15H21N3O. The van der Waals surface area contributed by atoms with Crippen molar-refractivity contribution >= 4 is 6.01 Å². The van der Waals surface area contributed by atoms with Gasteiger partial charge in [-0.2, -0.15) is 4.98 Å². The van der Waals surface area contributed by atoms with E-state index in [4.69, 9.17) is 9.51 Å². The van der Waals surface area contributed by atoms with Gasteiger partial charge < -0.3 is 9.84 Å². The fraction of sp³-hybridized carbons (Fsp3) is 0.867. The van der Waals surface area contributed by atoms with E-state index in [9.17, 15) is 0 Å².